The van der Waals surface area contributed by atoms with Crippen LogP contribution in [0.3, 0.4) is 0 Å². The highest BCUT2D eigenvalue weighted by Crippen LogP contribution is 2.03. The molecular formula is C10H15N3O3. The van der Waals surface area contributed by atoms with Gasteiger partial charge in [0.25, 0.3) is 5.56 Å². The number of aromatic amines is 1. The van der Waals surface area contributed by atoms with E-state index >= 15 is 0 Å². The minimum Gasteiger partial charge on any atom is -0.376 e. The highest BCUT2D eigenvalue weighted by Gasteiger charge is 2.13. The first-order chi connectivity index (χ1) is 7.74. The van der Waals surface area contributed by atoms with Crippen LogP contribution in [-0.2, 0) is 9.47 Å². The SMILES string of the molecule is Cc1nc(NCC2COCCO2)cc(=O)[nH]1. The number of hydrogen-bond donors (Lipinski definition) is 2. The molecule has 6 nitrogen and oxygen atoms in total. The van der Waals surface area contributed by atoms with Gasteiger partial charge < -0.3 is 19.8 Å². The third-order valence-corrected chi connectivity index (χ3v) is 2.26. The Morgan fingerprint density at radius 2 is 2.50 bits per heavy atom. The summed E-state index contributed by atoms with van der Waals surface area (Å²) in [5, 5.41) is 3.06. The van der Waals surface area contributed by atoms with Crippen molar-refractivity contribution in [2.24, 2.45) is 0 Å². The summed E-state index contributed by atoms with van der Waals surface area (Å²) in [6, 6.07) is 1.43. The van der Waals surface area contributed by atoms with Crippen molar-refractivity contribution in [2.75, 3.05) is 31.7 Å². The number of rotatable bonds is 3. The summed E-state index contributed by atoms with van der Waals surface area (Å²) in [5.74, 6) is 1.16. The van der Waals surface area contributed by atoms with Crippen molar-refractivity contribution in [1.82, 2.24) is 9.97 Å². The number of nitrogens with one attached hydrogen (secondary N) is 2. The molecule has 0 radical (unpaired) electrons. The third-order valence-electron chi connectivity index (χ3n) is 2.26. The van der Waals surface area contributed by atoms with Gasteiger partial charge >= 0.3 is 0 Å². The minimum absolute atomic E-state index is 0.0233. The van der Waals surface area contributed by atoms with E-state index in [0.717, 1.165) is 0 Å². The molecule has 16 heavy (non-hydrogen) atoms. The van der Waals surface area contributed by atoms with E-state index in [1.807, 2.05) is 0 Å². The van der Waals surface area contributed by atoms with Gasteiger partial charge in [-0.25, -0.2) is 4.98 Å². The Balaban J connectivity index is 1.90. The van der Waals surface area contributed by atoms with Crippen molar-refractivity contribution >= 4 is 5.82 Å². The first-order valence-corrected chi connectivity index (χ1v) is 5.25. The maximum atomic E-state index is 11.2. The monoisotopic (exact) mass is 225 g/mol. The molecule has 0 aliphatic carbocycles. The zero-order valence-electron chi connectivity index (χ0n) is 9.16. The lowest BCUT2D eigenvalue weighted by molar-refractivity contribution is -0.0819. The molecule has 2 heterocycles. The van der Waals surface area contributed by atoms with Gasteiger partial charge in [0, 0.05) is 12.6 Å². The molecule has 1 aliphatic heterocycles. The zero-order valence-corrected chi connectivity index (χ0v) is 9.16. The average molecular weight is 225 g/mol. The van der Waals surface area contributed by atoms with Crippen molar-refractivity contribution < 1.29 is 9.47 Å². The quantitative estimate of drug-likeness (QED) is 0.751. The molecule has 1 aliphatic rings. The highest BCUT2D eigenvalue weighted by molar-refractivity contribution is 5.32. The number of hydrogen-bond acceptors (Lipinski definition) is 5. The van der Waals surface area contributed by atoms with Crippen molar-refractivity contribution in [3.05, 3.63) is 22.2 Å². The summed E-state index contributed by atoms with van der Waals surface area (Å²) < 4.78 is 10.7. The number of ether oxygens (including phenoxy) is 2. The second-order valence-electron chi connectivity index (χ2n) is 3.66. The standard InChI is InChI=1S/C10H15N3O3/c1-7-12-9(4-10(14)13-7)11-5-8-6-15-2-3-16-8/h4,8H,2-3,5-6H2,1H3,(H2,11,12,13,14). The van der Waals surface area contributed by atoms with Crippen LogP contribution in [0, 0.1) is 6.92 Å². The second-order valence-corrected chi connectivity index (χ2v) is 3.66. The fourth-order valence-corrected chi connectivity index (χ4v) is 1.54. The van der Waals surface area contributed by atoms with E-state index in [1.165, 1.54) is 6.07 Å². The molecule has 0 bridgehead atoms. The molecule has 88 valence electrons. The van der Waals surface area contributed by atoms with E-state index in [1.54, 1.807) is 6.92 Å². The summed E-state index contributed by atoms with van der Waals surface area (Å²) in [4.78, 5) is 17.9. The lowest BCUT2D eigenvalue weighted by Crippen LogP contribution is -2.34. The lowest BCUT2D eigenvalue weighted by Gasteiger charge is -2.23. The fourth-order valence-electron chi connectivity index (χ4n) is 1.54. The number of aryl methyl sites for hydroxylation is 1. The molecule has 1 fully saturated rings. The Bertz CT molecular complexity index is 399. The van der Waals surface area contributed by atoms with Crippen LogP contribution in [0.1, 0.15) is 5.82 Å². The molecular weight excluding hydrogens is 210 g/mol. The summed E-state index contributed by atoms with van der Waals surface area (Å²) in [6.45, 7) is 4.19. The molecule has 0 amide bonds. The number of nitrogens with zero attached hydrogens (tertiary/aromatic N) is 1. The molecule has 1 saturated heterocycles. The normalized spacial score (nSPS) is 20.7. The van der Waals surface area contributed by atoms with Crippen LogP contribution in [-0.4, -0.2) is 42.4 Å². The summed E-state index contributed by atoms with van der Waals surface area (Å²) in [7, 11) is 0. The molecule has 1 aromatic heterocycles. The molecule has 1 aromatic rings. The van der Waals surface area contributed by atoms with Gasteiger partial charge in [0.15, 0.2) is 0 Å². The molecule has 2 rings (SSSR count). The van der Waals surface area contributed by atoms with E-state index < -0.39 is 0 Å². The Kier molecular flexibility index (Phi) is 3.53. The van der Waals surface area contributed by atoms with Crippen molar-refractivity contribution in [2.45, 2.75) is 13.0 Å². The zero-order chi connectivity index (χ0) is 11.4. The van der Waals surface area contributed by atoms with E-state index in [-0.39, 0.29) is 11.7 Å². The van der Waals surface area contributed by atoms with Crippen molar-refractivity contribution in [3.63, 3.8) is 0 Å². The van der Waals surface area contributed by atoms with E-state index in [0.29, 0.717) is 38.0 Å². The fraction of sp³-hybridized carbons (Fsp3) is 0.600. The van der Waals surface area contributed by atoms with Gasteiger partial charge in [-0.2, -0.15) is 0 Å². The number of anilines is 1. The van der Waals surface area contributed by atoms with Crippen LogP contribution in [0.15, 0.2) is 10.9 Å². The van der Waals surface area contributed by atoms with Gasteiger partial charge in [0.05, 0.1) is 25.9 Å². The van der Waals surface area contributed by atoms with E-state index in [4.69, 9.17) is 9.47 Å². The van der Waals surface area contributed by atoms with Crippen LogP contribution in [0.2, 0.25) is 0 Å². The predicted octanol–water partition coefficient (Wildman–Crippen LogP) is -0.0944. The summed E-state index contributed by atoms with van der Waals surface area (Å²) in [6.07, 6.45) is 0.0233. The number of aromatic nitrogens is 2. The van der Waals surface area contributed by atoms with Crippen LogP contribution in [0.25, 0.3) is 0 Å². The maximum Gasteiger partial charge on any atom is 0.252 e. The van der Waals surface area contributed by atoms with Gasteiger partial charge in [-0.3, -0.25) is 4.79 Å². The first-order valence-electron chi connectivity index (χ1n) is 5.25. The largest absolute Gasteiger partial charge is 0.376 e. The molecule has 1 unspecified atom stereocenters. The number of H-pyrrole nitrogens is 1. The smallest absolute Gasteiger partial charge is 0.252 e. The van der Waals surface area contributed by atoms with E-state index in [2.05, 4.69) is 15.3 Å². The average Bonchev–Trinajstić information content (AvgIpc) is 2.27. The molecule has 0 aromatic carbocycles. The van der Waals surface area contributed by atoms with Crippen molar-refractivity contribution in [3.8, 4) is 0 Å². The highest BCUT2D eigenvalue weighted by atomic mass is 16.6. The van der Waals surface area contributed by atoms with Crippen LogP contribution >= 0.6 is 0 Å². The molecule has 2 N–H and O–H groups in total. The molecule has 6 heteroatoms. The molecule has 0 spiro atoms. The summed E-state index contributed by atoms with van der Waals surface area (Å²) in [5.41, 5.74) is -0.157. The third kappa shape index (κ3) is 3.04. The lowest BCUT2D eigenvalue weighted by atomic mass is 10.3. The van der Waals surface area contributed by atoms with Gasteiger partial charge in [-0.05, 0) is 6.92 Å². The van der Waals surface area contributed by atoms with E-state index in [9.17, 15) is 4.79 Å². The van der Waals surface area contributed by atoms with Gasteiger partial charge in [-0.15, -0.1) is 0 Å². The topological polar surface area (TPSA) is 76.2 Å². The Hall–Kier alpha value is -1.40. The Labute approximate surface area is 93.0 Å². The Morgan fingerprint density at radius 1 is 1.62 bits per heavy atom. The molecule has 1 atom stereocenters. The maximum absolute atomic E-state index is 11.2. The Morgan fingerprint density at radius 3 is 3.19 bits per heavy atom. The van der Waals surface area contributed by atoms with Crippen LogP contribution in [0.5, 0.6) is 0 Å². The predicted molar refractivity (Wildman–Crippen MR) is 58.6 cm³/mol. The molecule has 0 saturated carbocycles. The first kappa shape index (κ1) is 11.1. The van der Waals surface area contributed by atoms with Crippen molar-refractivity contribution in [1.29, 1.82) is 0 Å². The van der Waals surface area contributed by atoms with Crippen LogP contribution in [0.4, 0.5) is 5.82 Å². The second kappa shape index (κ2) is 5.09. The van der Waals surface area contributed by atoms with Gasteiger partial charge in [0.2, 0.25) is 0 Å². The summed E-state index contributed by atoms with van der Waals surface area (Å²) >= 11 is 0. The minimum atomic E-state index is -0.157. The van der Waals surface area contributed by atoms with Gasteiger partial charge in [0.1, 0.15) is 11.6 Å². The van der Waals surface area contributed by atoms with Crippen LogP contribution < -0.4 is 10.9 Å². The van der Waals surface area contributed by atoms with Gasteiger partial charge in [-0.1, -0.05) is 0 Å².